The fourth-order valence-electron chi connectivity index (χ4n) is 2.80. The fourth-order valence-corrected chi connectivity index (χ4v) is 2.80. The zero-order chi connectivity index (χ0) is 19.2. The Kier molecular flexibility index (Phi) is 5.67. The first-order chi connectivity index (χ1) is 13.1. The van der Waals surface area contributed by atoms with E-state index in [2.05, 4.69) is 11.4 Å². The maximum atomic E-state index is 12.9. The standard InChI is InChI=1S/C20H18FN3O3/c21-17-5-1-14(2-6-17)11-15(12-22)13-27-19(25)16-3-7-18(8-4-16)24-10-9-23-20(24)26/h1-8,15H,9-11,13H2,(H,23,26)/t15-/m0/s1. The summed E-state index contributed by atoms with van der Waals surface area (Å²) in [7, 11) is 0. The molecule has 7 heteroatoms. The zero-order valence-corrected chi connectivity index (χ0v) is 14.5. The summed E-state index contributed by atoms with van der Waals surface area (Å²) in [6, 6.07) is 14.4. The summed E-state index contributed by atoms with van der Waals surface area (Å²) in [5, 5.41) is 12.0. The predicted molar refractivity (Wildman–Crippen MR) is 96.7 cm³/mol. The van der Waals surface area contributed by atoms with Gasteiger partial charge in [-0.1, -0.05) is 12.1 Å². The number of nitriles is 1. The monoisotopic (exact) mass is 367 g/mol. The molecule has 0 aliphatic carbocycles. The number of amides is 2. The number of hydrogen-bond acceptors (Lipinski definition) is 4. The summed E-state index contributed by atoms with van der Waals surface area (Å²) < 4.78 is 18.2. The van der Waals surface area contributed by atoms with Gasteiger partial charge in [0.1, 0.15) is 12.4 Å². The Bertz CT molecular complexity index is 860. The van der Waals surface area contributed by atoms with Crippen molar-refractivity contribution in [1.29, 1.82) is 5.26 Å². The number of ether oxygens (including phenoxy) is 1. The van der Waals surface area contributed by atoms with E-state index in [1.54, 1.807) is 41.3 Å². The summed E-state index contributed by atoms with van der Waals surface area (Å²) in [4.78, 5) is 25.4. The molecule has 0 saturated carbocycles. The molecule has 2 aromatic carbocycles. The second kappa shape index (κ2) is 8.32. The molecule has 3 rings (SSSR count). The lowest BCUT2D eigenvalue weighted by Crippen LogP contribution is -2.27. The van der Waals surface area contributed by atoms with Gasteiger partial charge in [0.2, 0.25) is 0 Å². The van der Waals surface area contributed by atoms with Crippen LogP contribution in [0, 0.1) is 23.1 Å². The first-order valence-electron chi connectivity index (χ1n) is 8.53. The molecule has 1 aliphatic rings. The van der Waals surface area contributed by atoms with Gasteiger partial charge in [-0.05, 0) is 48.4 Å². The Balaban J connectivity index is 1.55. The van der Waals surface area contributed by atoms with E-state index in [-0.39, 0.29) is 18.5 Å². The number of nitrogens with one attached hydrogen (secondary N) is 1. The minimum Gasteiger partial charge on any atom is -0.461 e. The largest absolute Gasteiger partial charge is 0.461 e. The van der Waals surface area contributed by atoms with E-state index in [1.165, 1.54) is 12.1 Å². The van der Waals surface area contributed by atoms with E-state index in [9.17, 15) is 19.2 Å². The van der Waals surface area contributed by atoms with Crippen LogP contribution in [0.3, 0.4) is 0 Å². The predicted octanol–water partition coefficient (Wildman–Crippen LogP) is 2.89. The smallest absolute Gasteiger partial charge is 0.338 e. The molecular weight excluding hydrogens is 349 g/mol. The number of carbonyl (C=O) groups is 2. The fraction of sp³-hybridized carbons (Fsp3) is 0.250. The van der Waals surface area contributed by atoms with E-state index in [0.29, 0.717) is 30.8 Å². The van der Waals surface area contributed by atoms with Crippen molar-refractivity contribution in [3.63, 3.8) is 0 Å². The first kappa shape index (κ1) is 18.4. The number of hydrogen-bond donors (Lipinski definition) is 1. The Labute approximate surface area is 156 Å². The molecule has 27 heavy (non-hydrogen) atoms. The average molecular weight is 367 g/mol. The normalized spacial score (nSPS) is 14.4. The van der Waals surface area contributed by atoms with Crippen LogP contribution in [0.4, 0.5) is 14.9 Å². The zero-order valence-electron chi connectivity index (χ0n) is 14.5. The number of nitrogens with zero attached hydrogens (tertiary/aromatic N) is 2. The van der Waals surface area contributed by atoms with Gasteiger partial charge in [0.25, 0.3) is 0 Å². The van der Waals surface area contributed by atoms with Crippen LogP contribution < -0.4 is 10.2 Å². The van der Waals surface area contributed by atoms with Crippen molar-refractivity contribution >= 4 is 17.7 Å². The molecular formula is C20H18FN3O3. The minimum atomic E-state index is -0.535. The van der Waals surface area contributed by atoms with Gasteiger partial charge in [0.15, 0.2) is 0 Å². The molecule has 0 spiro atoms. The van der Waals surface area contributed by atoms with Crippen LogP contribution in [-0.4, -0.2) is 31.7 Å². The highest BCUT2D eigenvalue weighted by Gasteiger charge is 2.21. The molecule has 6 nitrogen and oxygen atoms in total. The third-order valence-corrected chi connectivity index (χ3v) is 4.27. The van der Waals surface area contributed by atoms with E-state index in [0.717, 1.165) is 5.56 Å². The molecule has 1 N–H and O–H groups in total. The Morgan fingerprint density at radius 2 is 1.93 bits per heavy atom. The number of carbonyl (C=O) groups excluding carboxylic acids is 2. The Morgan fingerprint density at radius 3 is 2.52 bits per heavy atom. The lowest BCUT2D eigenvalue weighted by molar-refractivity contribution is 0.0468. The van der Waals surface area contributed by atoms with Crippen molar-refractivity contribution in [3.8, 4) is 6.07 Å². The SMILES string of the molecule is N#C[C@@H](COC(=O)c1ccc(N2CCNC2=O)cc1)Cc1ccc(F)cc1. The summed E-state index contributed by atoms with van der Waals surface area (Å²) in [6.07, 6.45) is 0.368. The molecule has 1 heterocycles. The highest BCUT2D eigenvalue weighted by atomic mass is 19.1. The molecule has 0 radical (unpaired) electrons. The molecule has 2 aromatic rings. The van der Waals surface area contributed by atoms with Crippen LogP contribution in [0.25, 0.3) is 0 Å². The van der Waals surface area contributed by atoms with Crippen LogP contribution >= 0.6 is 0 Å². The number of rotatable bonds is 6. The van der Waals surface area contributed by atoms with Crippen molar-refractivity contribution in [2.45, 2.75) is 6.42 Å². The van der Waals surface area contributed by atoms with Crippen LogP contribution in [0.2, 0.25) is 0 Å². The Hall–Kier alpha value is -3.40. The molecule has 1 saturated heterocycles. The summed E-state index contributed by atoms with van der Waals surface area (Å²) in [5.74, 6) is -1.40. The van der Waals surface area contributed by atoms with E-state index in [4.69, 9.17) is 4.74 Å². The maximum absolute atomic E-state index is 12.9. The van der Waals surface area contributed by atoms with E-state index in [1.807, 2.05) is 0 Å². The van der Waals surface area contributed by atoms with Crippen LogP contribution in [0.1, 0.15) is 15.9 Å². The van der Waals surface area contributed by atoms with Crippen molar-refractivity contribution in [1.82, 2.24) is 5.32 Å². The topological polar surface area (TPSA) is 82.4 Å². The van der Waals surface area contributed by atoms with Crippen molar-refractivity contribution in [2.24, 2.45) is 5.92 Å². The minimum absolute atomic E-state index is 0.0526. The number of urea groups is 1. The Morgan fingerprint density at radius 1 is 1.22 bits per heavy atom. The van der Waals surface area contributed by atoms with Gasteiger partial charge < -0.3 is 10.1 Å². The van der Waals surface area contributed by atoms with Gasteiger partial charge in [-0.15, -0.1) is 0 Å². The van der Waals surface area contributed by atoms with Gasteiger partial charge in [0, 0.05) is 18.8 Å². The van der Waals surface area contributed by atoms with E-state index >= 15 is 0 Å². The second-order valence-corrected chi connectivity index (χ2v) is 6.19. The molecule has 1 aliphatic heterocycles. The number of halogens is 1. The van der Waals surface area contributed by atoms with Crippen molar-refractivity contribution < 1.29 is 18.7 Å². The van der Waals surface area contributed by atoms with Crippen LogP contribution in [-0.2, 0) is 11.2 Å². The van der Waals surface area contributed by atoms with Gasteiger partial charge in [0.05, 0.1) is 17.6 Å². The van der Waals surface area contributed by atoms with Gasteiger partial charge in [-0.2, -0.15) is 5.26 Å². The summed E-state index contributed by atoms with van der Waals surface area (Å²) >= 11 is 0. The maximum Gasteiger partial charge on any atom is 0.338 e. The molecule has 0 aromatic heterocycles. The number of esters is 1. The molecule has 2 amide bonds. The van der Waals surface area contributed by atoms with E-state index < -0.39 is 11.9 Å². The lowest BCUT2D eigenvalue weighted by atomic mass is 10.0. The van der Waals surface area contributed by atoms with Crippen LogP contribution in [0.5, 0.6) is 0 Å². The second-order valence-electron chi connectivity index (χ2n) is 6.19. The molecule has 1 fully saturated rings. The number of benzene rings is 2. The molecule has 1 atom stereocenters. The third kappa shape index (κ3) is 4.61. The number of anilines is 1. The molecule has 0 bridgehead atoms. The van der Waals surface area contributed by atoms with Crippen LogP contribution in [0.15, 0.2) is 48.5 Å². The lowest BCUT2D eigenvalue weighted by Gasteiger charge is -2.14. The quantitative estimate of drug-likeness (QED) is 0.796. The average Bonchev–Trinajstić information content (AvgIpc) is 3.12. The molecule has 0 unspecified atom stereocenters. The highest BCUT2D eigenvalue weighted by molar-refractivity contribution is 5.95. The van der Waals surface area contributed by atoms with Crippen molar-refractivity contribution in [2.75, 3.05) is 24.6 Å². The van der Waals surface area contributed by atoms with Crippen molar-refractivity contribution in [3.05, 3.63) is 65.5 Å². The van der Waals surface area contributed by atoms with Gasteiger partial charge in [-0.3, -0.25) is 4.90 Å². The molecule has 138 valence electrons. The van der Waals surface area contributed by atoms with Gasteiger partial charge >= 0.3 is 12.0 Å². The summed E-state index contributed by atoms with van der Waals surface area (Å²) in [5.41, 5.74) is 1.84. The third-order valence-electron chi connectivity index (χ3n) is 4.27. The van der Waals surface area contributed by atoms with Gasteiger partial charge in [-0.25, -0.2) is 14.0 Å². The summed E-state index contributed by atoms with van der Waals surface area (Å²) in [6.45, 7) is 1.12. The first-order valence-corrected chi connectivity index (χ1v) is 8.53. The highest BCUT2D eigenvalue weighted by Crippen LogP contribution is 2.18.